The van der Waals surface area contributed by atoms with Crippen LogP contribution < -0.4 is 5.32 Å². The summed E-state index contributed by atoms with van der Waals surface area (Å²) in [6, 6.07) is 16.4. The van der Waals surface area contributed by atoms with Crippen LogP contribution in [0, 0.1) is 11.3 Å². The number of benzene rings is 2. The lowest BCUT2D eigenvalue weighted by molar-refractivity contribution is 0.598. The Morgan fingerprint density at radius 1 is 1.14 bits per heavy atom. The van der Waals surface area contributed by atoms with Gasteiger partial charge in [-0.1, -0.05) is 24.3 Å². The van der Waals surface area contributed by atoms with E-state index in [9.17, 15) is 5.26 Å². The second-order valence-corrected chi connectivity index (χ2v) is 6.98. The van der Waals surface area contributed by atoms with Crippen molar-refractivity contribution >= 4 is 16.9 Å². The Morgan fingerprint density at radius 3 is 3.00 bits per heavy atom. The molecule has 1 N–H and O–H groups in total. The Labute approximate surface area is 162 Å². The Bertz CT molecular complexity index is 1200. The molecule has 0 spiro atoms. The van der Waals surface area contributed by atoms with Gasteiger partial charge in [0.2, 0.25) is 0 Å². The van der Waals surface area contributed by atoms with E-state index in [2.05, 4.69) is 45.6 Å². The number of aromatic nitrogens is 4. The highest BCUT2D eigenvalue weighted by molar-refractivity contribution is 5.78. The molecule has 2 aromatic heterocycles. The Morgan fingerprint density at radius 2 is 2.07 bits per heavy atom. The number of anilines is 1. The van der Waals surface area contributed by atoms with Crippen LogP contribution in [-0.2, 0) is 6.42 Å². The third-order valence-corrected chi connectivity index (χ3v) is 5.24. The number of hydrogen-bond donors (Lipinski definition) is 1. The molecule has 28 heavy (non-hydrogen) atoms. The van der Waals surface area contributed by atoms with E-state index in [1.165, 1.54) is 11.1 Å². The van der Waals surface area contributed by atoms with E-state index in [1.54, 1.807) is 24.8 Å². The van der Waals surface area contributed by atoms with E-state index in [0.717, 1.165) is 36.1 Å². The maximum atomic E-state index is 9.18. The lowest BCUT2D eigenvalue weighted by Crippen LogP contribution is -2.18. The van der Waals surface area contributed by atoms with Gasteiger partial charge in [0.15, 0.2) is 5.82 Å². The fraction of sp³-hybridized carbons (Fsp3) is 0.182. The molecule has 0 amide bonds. The summed E-state index contributed by atoms with van der Waals surface area (Å²) >= 11 is 0. The van der Waals surface area contributed by atoms with E-state index in [4.69, 9.17) is 4.98 Å². The lowest BCUT2D eigenvalue weighted by Gasteiger charge is -2.26. The zero-order valence-corrected chi connectivity index (χ0v) is 15.2. The lowest BCUT2D eigenvalue weighted by atomic mass is 9.88. The second kappa shape index (κ2) is 6.78. The minimum Gasteiger partial charge on any atom is -0.362 e. The van der Waals surface area contributed by atoms with Crippen molar-refractivity contribution in [3.05, 3.63) is 77.9 Å². The first-order chi connectivity index (χ1) is 13.8. The highest BCUT2D eigenvalue weighted by Gasteiger charge is 2.20. The van der Waals surface area contributed by atoms with Crippen LogP contribution in [0.15, 0.2) is 61.2 Å². The number of nitrogens with one attached hydrogen (secondary N) is 1. The molecule has 1 unspecified atom stereocenters. The van der Waals surface area contributed by atoms with E-state index in [-0.39, 0.29) is 6.04 Å². The van der Waals surface area contributed by atoms with Crippen molar-refractivity contribution in [3.63, 3.8) is 0 Å². The third kappa shape index (κ3) is 2.87. The number of fused-ring (bicyclic) bond motifs is 2. The van der Waals surface area contributed by atoms with Crippen molar-refractivity contribution in [3.8, 4) is 11.9 Å². The van der Waals surface area contributed by atoms with E-state index >= 15 is 0 Å². The molecule has 0 aliphatic heterocycles. The largest absolute Gasteiger partial charge is 0.362 e. The molecule has 136 valence electrons. The van der Waals surface area contributed by atoms with Crippen LogP contribution in [0.1, 0.15) is 35.6 Å². The summed E-state index contributed by atoms with van der Waals surface area (Å²) in [5, 5.41) is 12.7. The summed E-state index contributed by atoms with van der Waals surface area (Å²) in [5.74, 6) is 1.41. The van der Waals surface area contributed by atoms with Gasteiger partial charge in [0, 0.05) is 0 Å². The molecule has 0 bridgehead atoms. The topological polar surface area (TPSA) is 79.4 Å². The molecule has 4 aromatic rings. The van der Waals surface area contributed by atoms with Gasteiger partial charge < -0.3 is 5.32 Å². The molecule has 2 heterocycles. The fourth-order valence-corrected chi connectivity index (χ4v) is 3.88. The molecule has 1 aliphatic carbocycles. The number of nitriles is 1. The zero-order chi connectivity index (χ0) is 18.9. The zero-order valence-electron chi connectivity index (χ0n) is 15.2. The highest BCUT2D eigenvalue weighted by atomic mass is 15.2. The molecule has 0 radical (unpaired) electrons. The minimum absolute atomic E-state index is 0.235. The maximum absolute atomic E-state index is 9.18. The third-order valence-electron chi connectivity index (χ3n) is 5.24. The van der Waals surface area contributed by atoms with Crippen molar-refractivity contribution in [2.45, 2.75) is 25.3 Å². The molecule has 5 rings (SSSR count). The molecule has 6 heteroatoms. The maximum Gasteiger partial charge on any atom is 0.159 e. The van der Waals surface area contributed by atoms with Crippen molar-refractivity contribution in [1.29, 1.82) is 5.26 Å². The SMILES string of the molecule is N#Cc1ccc2ncn(-c3cncc(NC4CCCc5ccccc54)n3)c2c1. The standard InChI is InChI=1S/C22H18N6/c23-11-15-8-9-19-20(10-15)28(14-25-19)22-13-24-12-21(27-22)26-18-7-3-5-16-4-1-2-6-17(16)18/h1-2,4,6,8-10,12-14,18H,3,5,7H2,(H,26,27). The molecule has 6 nitrogen and oxygen atoms in total. The van der Waals surface area contributed by atoms with Gasteiger partial charge in [-0.05, 0) is 48.6 Å². The van der Waals surface area contributed by atoms with Crippen LogP contribution in [0.2, 0.25) is 0 Å². The molecule has 0 saturated carbocycles. The number of hydrogen-bond acceptors (Lipinski definition) is 5. The molecule has 1 aliphatic rings. The van der Waals surface area contributed by atoms with E-state index in [1.807, 2.05) is 16.7 Å². The number of nitrogens with zero attached hydrogens (tertiary/aromatic N) is 5. The summed E-state index contributed by atoms with van der Waals surface area (Å²) in [6.45, 7) is 0. The van der Waals surface area contributed by atoms with Gasteiger partial charge in [-0.25, -0.2) is 9.97 Å². The summed E-state index contributed by atoms with van der Waals surface area (Å²) < 4.78 is 1.86. The van der Waals surface area contributed by atoms with Gasteiger partial charge in [-0.15, -0.1) is 0 Å². The van der Waals surface area contributed by atoms with E-state index in [0.29, 0.717) is 11.4 Å². The molecular formula is C22H18N6. The normalized spacial score (nSPS) is 15.8. The van der Waals surface area contributed by atoms with Crippen molar-refractivity contribution in [2.75, 3.05) is 5.32 Å². The van der Waals surface area contributed by atoms with Crippen LogP contribution >= 0.6 is 0 Å². The number of imidazole rings is 1. The Balaban J connectivity index is 1.49. The summed E-state index contributed by atoms with van der Waals surface area (Å²) in [6.07, 6.45) is 8.53. The monoisotopic (exact) mass is 366 g/mol. The Kier molecular flexibility index (Phi) is 3.99. The van der Waals surface area contributed by atoms with Gasteiger partial charge >= 0.3 is 0 Å². The first-order valence-electron chi connectivity index (χ1n) is 9.36. The van der Waals surface area contributed by atoms with Gasteiger partial charge in [-0.3, -0.25) is 9.55 Å². The van der Waals surface area contributed by atoms with Crippen molar-refractivity contribution in [2.24, 2.45) is 0 Å². The summed E-state index contributed by atoms with van der Waals surface area (Å²) in [7, 11) is 0. The average Bonchev–Trinajstić information content (AvgIpc) is 3.17. The number of aryl methyl sites for hydroxylation is 1. The van der Waals surface area contributed by atoms with Crippen LogP contribution in [-0.4, -0.2) is 19.5 Å². The van der Waals surface area contributed by atoms with Gasteiger partial charge in [0.1, 0.15) is 12.1 Å². The van der Waals surface area contributed by atoms with Crippen LogP contribution in [0.5, 0.6) is 0 Å². The second-order valence-electron chi connectivity index (χ2n) is 6.98. The van der Waals surface area contributed by atoms with Gasteiger partial charge in [0.05, 0.1) is 41.1 Å². The van der Waals surface area contributed by atoms with Gasteiger partial charge in [0.25, 0.3) is 0 Å². The molecule has 0 fully saturated rings. The van der Waals surface area contributed by atoms with Crippen LogP contribution in [0.3, 0.4) is 0 Å². The molecule has 1 atom stereocenters. The molecule has 2 aromatic carbocycles. The predicted molar refractivity (Wildman–Crippen MR) is 107 cm³/mol. The fourth-order valence-electron chi connectivity index (χ4n) is 3.88. The van der Waals surface area contributed by atoms with Crippen molar-refractivity contribution < 1.29 is 0 Å². The first-order valence-corrected chi connectivity index (χ1v) is 9.36. The average molecular weight is 366 g/mol. The van der Waals surface area contributed by atoms with Crippen LogP contribution in [0.25, 0.3) is 16.9 Å². The molecule has 0 saturated heterocycles. The Hall–Kier alpha value is -3.72. The number of rotatable bonds is 3. The quantitative estimate of drug-likeness (QED) is 0.588. The highest BCUT2D eigenvalue weighted by Crippen LogP contribution is 2.32. The van der Waals surface area contributed by atoms with Crippen LogP contribution in [0.4, 0.5) is 5.82 Å². The van der Waals surface area contributed by atoms with Crippen molar-refractivity contribution in [1.82, 2.24) is 19.5 Å². The summed E-state index contributed by atoms with van der Waals surface area (Å²) in [5.41, 5.74) is 5.00. The van der Waals surface area contributed by atoms with E-state index < -0.39 is 0 Å². The molecular weight excluding hydrogens is 348 g/mol. The minimum atomic E-state index is 0.235. The predicted octanol–water partition coefficient (Wildman–Crippen LogP) is 4.18. The smallest absolute Gasteiger partial charge is 0.159 e. The first kappa shape index (κ1) is 16.5. The van der Waals surface area contributed by atoms with Gasteiger partial charge in [-0.2, -0.15) is 5.26 Å². The summed E-state index contributed by atoms with van der Waals surface area (Å²) in [4.78, 5) is 13.5.